The molecular weight excluding hydrogens is 222 g/mol. The Bertz CT molecular complexity index is 497. The van der Waals surface area contributed by atoms with Gasteiger partial charge in [-0.25, -0.2) is 19.4 Å². The number of ether oxygens (including phenoxy) is 1. The van der Waals surface area contributed by atoms with Crippen molar-refractivity contribution in [3.05, 3.63) is 31.0 Å². The van der Waals surface area contributed by atoms with E-state index in [0.717, 1.165) is 0 Å². The molecule has 2 aromatic heterocycles. The van der Waals surface area contributed by atoms with Gasteiger partial charge < -0.3 is 4.74 Å². The quantitative estimate of drug-likeness (QED) is 0.862. The molecule has 0 aliphatic heterocycles. The van der Waals surface area contributed by atoms with Gasteiger partial charge in [-0.05, 0) is 19.1 Å². The maximum atomic E-state index is 11.3. The summed E-state index contributed by atoms with van der Waals surface area (Å²) in [7, 11) is 0. The Kier molecular flexibility index (Phi) is 3.29. The number of aromatic nitrogens is 4. The Labute approximate surface area is 97.5 Å². The number of hydrogen-bond donors (Lipinski definition) is 1. The van der Waals surface area contributed by atoms with Gasteiger partial charge in [0.15, 0.2) is 5.82 Å². The van der Waals surface area contributed by atoms with Gasteiger partial charge in [0.1, 0.15) is 12.7 Å². The first-order valence-corrected chi connectivity index (χ1v) is 5.05. The topological polar surface area (TPSA) is 81.9 Å². The second kappa shape index (κ2) is 5.06. The first-order valence-electron chi connectivity index (χ1n) is 5.05. The molecule has 0 aromatic carbocycles. The second-order valence-electron chi connectivity index (χ2n) is 3.06. The van der Waals surface area contributed by atoms with Crippen LogP contribution in [0, 0.1) is 0 Å². The number of carbonyl (C=O) groups is 1. The van der Waals surface area contributed by atoms with E-state index in [0.29, 0.717) is 18.1 Å². The molecule has 2 heterocycles. The van der Waals surface area contributed by atoms with E-state index in [1.165, 1.54) is 17.3 Å². The number of pyridine rings is 1. The minimum atomic E-state index is -0.526. The summed E-state index contributed by atoms with van der Waals surface area (Å²) in [6.45, 7) is 2.05. The van der Waals surface area contributed by atoms with Gasteiger partial charge in [-0.1, -0.05) is 0 Å². The molecule has 0 bridgehead atoms. The highest BCUT2D eigenvalue weighted by Crippen LogP contribution is 2.15. The summed E-state index contributed by atoms with van der Waals surface area (Å²) in [5.41, 5.74) is 0.511. The van der Waals surface area contributed by atoms with Gasteiger partial charge in [-0.2, -0.15) is 5.10 Å². The van der Waals surface area contributed by atoms with E-state index in [9.17, 15) is 4.79 Å². The molecule has 2 aromatic rings. The third-order valence-electron chi connectivity index (χ3n) is 1.93. The molecule has 1 amide bonds. The monoisotopic (exact) mass is 233 g/mol. The minimum Gasteiger partial charge on any atom is -0.450 e. The average molecular weight is 233 g/mol. The Morgan fingerprint density at radius 3 is 3.18 bits per heavy atom. The van der Waals surface area contributed by atoms with Gasteiger partial charge in [0.05, 0.1) is 12.3 Å². The molecule has 17 heavy (non-hydrogen) atoms. The van der Waals surface area contributed by atoms with Crippen LogP contribution in [0.15, 0.2) is 31.0 Å². The smallest absolute Gasteiger partial charge is 0.411 e. The van der Waals surface area contributed by atoms with Crippen molar-refractivity contribution >= 4 is 11.8 Å². The summed E-state index contributed by atoms with van der Waals surface area (Å²) < 4.78 is 6.25. The van der Waals surface area contributed by atoms with E-state index in [1.54, 1.807) is 25.3 Å². The Morgan fingerprint density at radius 1 is 1.59 bits per heavy atom. The van der Waals surface area contributed by atoms with Crippen LogP contribution in [-0.4, -0.2) is 32.4 Å². The molecule has 0 saturated carbocycles. The lowest BCUT2D eigenvalue weighted by Crippen LogP contribution is -2.15. The van der Waals surface area contributed by atoms with E-state index in [1.807, 2.05) is 0 Å². The number of nitrogens with one attached hydrogen (secondary N) is 1. The van der Waals surface area contributed by atoms with Crippen LogP contribution < -0.4 is 5.32 Å². The first-order chi connectivity index (χ1) is 8.31. The zero-order valence-electron chi connectivity index (χ0n) is 9.20. The van der Waals surface area contributed by atoms with Crippen LogP contribution >= 0.6 is 0 Å². The highest BCUT2D eigenvalue weighted by Gasteiger charge is 2.09. The zero-order valence-corrected chi connectivity index (χ0v) is 9.20. The van der Waals surface area contributed by atoms with Crippen LogP contribution in [0.2, 0.25) is 0 Å². The molecule has 0 atom stereocenters. The number of nitrogens with zero attached hydrogens (tertiary/aromatic N) is 4. The molecule has 0 unspecified atom stereocenters. The molecule has 0 radical (unpaired) electrons. The first kappa shape index (κ1) is 11.1. The van der Waals surface area contributed by atoms with Crippen molar-refractivity contribution in [2.75, 3.05) is 11.9 Å². The SMILES string of the molecule is CCOC(=O)Nc1cccnc1-n1cncn1. The van der Waals surface area contributed by atoms with Crippen LogP contribution in [0.3, 0.4) is 0 Å². The number of rotatable bonds is 3. The van der Waals surface area contributed by atoms with E-state index in [2.05, 4.69) is 20.4 Å². The van der Waals surface area contributed by atoms with Crippen molar-refractivity contribution in [2.24, 2.45) is 0 Å². The number of hydrogen-bond acceptors (Lipinski definition) is 5. The molecule has 88 valence electrons. The fourth-order valence-electron chi connectivity index (χ4n) is 1.27. The predicted molar refractivity (Wildman–Crippen MR) is 59.8 cm³/mol. The minimum absolute atomic E-state index is 0.310. The number of anilines is 1. The lowest BCUT2D eigenvalue weighted by Gasteiger charge is -2.08. The number of amides is 1. The Hall–Kier alpha value is -2.44. The van der Waals surface area contributed by atoms with Crippen LogP contribution in [0.5, 0.6) is 0 Å². The third-order valence-corrected chi connectivity index (χ3v) is 1.93. The number of carbonyl (C=O) groups excluding carboxylic acids is 1. The van der Waals surface area contributed by atoms with E-state index >= 15 is 0 Å². The molecule has 7 heteroatoms. The largest absolute Gasteiger partial charge is 0.450 e. The van der Waals surface area contributed by atoms with E-state index in [4.69, 9.17) is 4.74 Å². The standard InChI is InChI=1S/C10H11N5O2/c1-2-17-10(16)14-8-4-3-5-12-9(8)15-7-11-6-13-15/h3-7H,2H2,1H3,(H,14,16). The van der Waals surface area contributed by atoms with E-state index in [-0.39, 0.29) is 0 Å². The van der Waals surface area contributed by atoms with Crippen molar-refractivity contribution in [2.45, 2.75) is 6.92 Å². The van der Waals surface area contributed by atoms with Gasteiger partial charge in [-0.15, -0.1) is 0 Å². The van der Waals surface area contributed by atoms with Crippen LogP contribution in [0.25, 0.3) is 5.82 Å². The zero-order chi connectivity index (χ0) is 12.1. The third kappa shape index (κ3) is 2.57. The molecule has 0 aliphatic rings. The fourth-order valence-corrected chi connectivity index (χ4v) is 1.27. The molecular formula is C10H11N5O2. The summed E-state index contributed by atoms with van der Waals surface area (Å²) in [4.78, 5) is 19.3. The summed E-state index contributed by atoms with van der Waals surface area (Å²) in [6.07, 6.45) is 3.97. The van der Waals surface area contributed by atoms with Crippen molar-refractivity contribution in [1.29, 1.82) is 0 Å². The van der Waals surface area contributed by atoms with Crippen LogP contribution in [0.4, 0.5) is 10.5 Å². The van der Waals surface area contributed by atoms with Crippen molar-refractivity contribution in [1.82, 2.24) is 19.7 Å². The summed E-state index contributed by atoms with van der Waals surface area (Å²) in [5.74, 6) is 0.484. The van der Waals surface area contributed by atoms with Crippen LogP contribution in [0.1, 0.15) is 6.92 Å². The van der Waals surface area contributed by atoms with Gasteiger partial charge in [0.2, 0.25) is 0 Å². The second-order valence-corrected chi connectivity index (χ2v) is 3.06. The maximum Gasteiger partial charge on any atom is 0.411 e. The molecule has 0 spiro atoms. The normalized spacial score (nSPS) is 9.94. The van der Waals surface area contributed by atoms with Crippen molar-refractivity contribution in [3.8, 4) is 5.82 Å². The van der Waals surface area contributed by atoms with Gasteiger partial charge in [0, 0.05) is 6.20 Å². The maximum absolute atomic E-state index is 11.3. The summed E-state index contributed by atoms with van der Waals surface area (Å²) in [6, 6.07) is 3.42. The average Bonchev–Trinajstić information content (AvgIpc) is 2.83. The fraction of sp³-hybridized carbons (Fsp3) is 0.200. The van der Waals surface area contributed by atoms with E-state index < -0.39 is 6.09 Å². The molecule has 2 rings (SSSR count). The van der Waals surface area contributed by atoms with Gasteiger partial charge in [-0.3, -0.25) is 5.32 Å². The summed E-state index contributed by atoms with van der Waals surface area (Å²) >= 11 is 0. The molecule has 1 N–H and O–H groups in total. The molecule has 0 aliphatic carbocycles. The Balaban J connectivity index is 2.25. The van der Waals surface area contributed by atoms with Crippen molar-refractivity contribution < 1.29 is 9.53 Å². The molecule has 0 saturated heterocycles. The molecule has 7 nitrogen and oxygen atoms in total. The lowest BCUT2D eigenvalue weighted by atomic mass is 10.4. The highest BCUT2D eigenvalue weighted by molar-refractivity contribution is 5.86. The lowest BCUT2D eigenvalue weighted by molar-refractivity contribution is 0.168. The van der Waals surface area contributed by atoms with Gasteiger partial charge in [0.25, 0.3) is 0 Å². The van der Waals surface area contributed by atoms with Crippen LogP contribution in [-0.2, 0) is 4.74 Å². The molecule has 0 fully saturated rings. The van der Waals surface area contributed by atoms with Gasteiger partial charge >= 0.3 is 6.09 Å². The Morgan fingerprint density at radius 2 is 2.47 bits per heavy atom. The summed E-state index contributed by atoms with van der Waals surface area (Å²) in [5, 5.41) is 6.54. The van der Waals surface area contributed by atoms with Crippen molar-refractivity contribution in [3.63, 3.8) is 0 Å². The highest BCUT2D eigenvalue weighted by atomic mass is 16.5. The predicted octanol–water partition coefficient (Wildman–Crippen LogP) is 1.23.